The van der Waals surface area contributed by atoms with Crippen LogP contribution in [0.25, 0.3) is 0 Å². The Balaban J connectivity index is 2.48. The zero-order valence-electron chi connectivity index (χ0n) is 12.3. The summed E-state index contributed by atoms with van der Waals surface area (Å²) in [4.78, 5) is 24.4. The number of amides is 2. The molecule has 0 saturated heterocycles. The molecule has 4 nitrogen and oxygen atoms in total. The fraction of sp³-hybridized carbons (Fsp3) is 0.176. The topological polar surface area (TPSA) is 86.2 Å². The first-order chi connectivity index (χ1) is 10.9. The van der Waals surface area contributed by atoms with Crippen LogP contribution < -0.4 is 11.5 Å². The maximum Gasteiger partial charge on any atom is 0.233 e. The largest absolute Gasteiger partial charge is 0.369 e. The van der Waals surface area contributed by atoms with Crippen LogP contribution in [-0.4, -0.2) is 11.8 Å². The number of rotatable bonds is 6. The Hall–Kier alpha value is -1.16. The fourth-order valence-corrected chi connectivity index (χ4v) is 3.62. The summed E-state index contributed by atoms with van der Waals surface area (Å²) < 4.78 is 1.94. The summed E-state index contributed by atoms with van der Waals surface area (Å²) in [7, 11) is 0. The number of halogens is 2. The molecule has 0 atom stereocenters. The van der Waals surface area contributed by atoms with Gasteiger partial charge >= 0.3 is 0 Å². The van der Waals surface area contributed by atoms with E-state index in [9.17, 15) is 9.59 Å². The second kappa shape index (κ2) is 7.61. The number of hydrogen-bond acceptors (Lipinski definition) is 2. The van der Waals surface area contributed by atoms with Crippen molar-refractivity contribution in [3.8, 4) is 0 Å². The van der Waals surface area contributed by atoms with Crippen molar-refractivity contribution in [3.63, 3.8) is 0 Å². The molecule has 23 heavy (non-hydrogen) atoms. The van der Waals surface area contributed by atoms with Crippen LogP contribution in [0.15, 0.2) is 48.5 Å². The average molecular weight is 534 g/mol. The van der Waals surface area contributed by atoms with Crippen molar-refractivity contribution in [1.29, 1.82) is 0 Å². The Kier molecular flexibility index (Phi) is 6.01. The van der Waals surface area contributed by atoms with E-state index in [0.717, 1.165) is 18.3 Å². The summed E-state index contributed by atoms with van der Waals surface area (Å²) in [5.74, 6) is -1.38. The van der Waals surface area contributed by atoms with E-state index in [1.807, 2.05) is 48.5 Å². The van der Waals surface area contributed by atoms with Crippen LogP contribution in [0.2, 0.25) is 0 Å². The van der Waals surface area contributed by atoms with Crippen LogP contribution in [0.5, 0.6) is 0 Å². The van der Waals surface area contributed by atoms with Gasteiger partial charge in [0.2, 0.25) is 11.8 Å². The van der Waals surface area contributed by atoms with E-state index in [-0.39, 0.29) is 12.8 Å². The van der Waals surface area contributed by atoms with Gasteiger partial charge in [0.15, 0.2) is 0 Å². The third-order valence-electron chi connectivity index (χ3n) is 3.84. The minimum Gasteiger partial charge on any atom is -0.369 e. The van der Waals surface area contributed by atoms with Crippen molar-refractivity contribution < 1.29 is 9.59 Å². The van der Waals surface area contributed by atoms with Crippen LogP contribution in [0.1, 0.15) is 11.1 Å². The van der Waals surface area contributed by atoms with Crippen molar-refractivity contribution in [3.05, 3.63) is 66.8 Å². The number of primary amides is 2. The van der Waals surface area contributed by atoms with Gasteiger partial charge in [0.25, 0.3) is 0 Å². The molecule has 0 fully saturated rings. The molecular formula is C17H16I2N2O2. The average Bonchev–Trinajstić information content (AvgIpc) is 2.50. The van der Waals surface area contributed by atoms with E-state index in [1.165, 1.54) is 0 Å². The SMILES string of the molecule is NC(=O)C(Cc1ccccc1I)(Cc1ccccc1I)C(N)=O. The second-order valence-electron chi connectivity index (χ2n) is 5.35. The van der Waals surface area contributed by atoms with Crippen LogP contribution >= 0.6 is 45.2 Å². The quantitative estimate of drug-likeness (QED) is 0.442. The summed E-state index contributed by atoms with van der Waals surface area (Å²) >= 11 is 4.36. The van der Waals surface area contributed by atoms with Gasteiger partial charge in [-0.3, -0.25) is 9.59 Å². The molecule has 2 amide bonds. The monoisotopic (exact) mass is 534 g/mol. The Labute approximate surface area is 162 Å². The standard InChI is InChI=1S/C17H16I2N2O2/c18-13-7-3-1-5-11(13)9-17(15(20)22,16(21)23)10-12-6-2-4-8-14(12)19/h1-8H,9-10H2,(H2,20,22)(H2,21,23). The summed E-state index contributed by atoms with van der Waals surface area (Å²) in [6.07, 6.45) is 0.392. The van der Waals surface area contributed by atoms with Gasteiger partial charge in [0, 0.05) is 7.14 Å². The van der Waals surface area contributed by atoms with Crippen LogP contribution in [-0.2, 0) is 22.4 Å². The lowest BCUT2D eigenvalue weighted by atomic mass is 9.75. The molecule has 0 aromatic heterocycles. The Morgan fingerprint density at radius 3 is 1.43 bits per heavy atom. The first kappa shape index (κ1) is 18.2. The number of carbonyl (C=O) groups excluding carboxylic acids is 2. The van der Waals surface area contributed by atoms with Crippen LogP contribution in [0.3, 0.4) is 0 Å². The zero-order chi connectivity index (χ0) is 17.0. The van der Waals surface area contributed by atoms with E-state index in [4.69, 9.17) is 11.5 Å². The van der Waals surface area contributed by atoms with Crippen molar-refractivity contribution >= 4 is 57.0 Å². The first-order valence-corrected chi connectivity index (χ1v) is 9.09. The molecule has 2 aromatic carbocycles. The number of nitrogens with two attached hydrogens (primary N) is 2. The lowest BCUT2D eigenvalue weighted by Crippen LogP contribution is -2.51. The van der Waals surface area contributed by atoms with E-state index >= 15 is 0 Å². The molecule has 0 saturated carbocycles. The number of benzene rings is 2. The van der Waals surface area contributed by atoms with Gasteiger partial charge in [-0.2, -0.15) is 0 Å². The molecule has 0 unspecified atom stereocenters. The summed E-state index contributed by atoms with van der Waals surface area (Å²) in [6, 6.07) is 15.2. The Morgan fingerprint density at radius 2 is 1.13 bits per heavy atom. The normalized spacial score (nSPS) is 11.2. The number of carbonyl (C=O) groups is 2. The molecule has 0 heterocycles. The molecule has 0 radical (unpaired) electrons. The predicted molar refractivity (Wildman–Crippen MR) is 107 cm³/mol. The van der Waals surface area contributed by atoms with Crippen molar-refractivity contribution in [2.75, 3.05) is 0 Å². The van der Waals surface area contributed by atoms with Crippen molar-refractivity contribution in [1.82, 2.24) is 0 Å². The maximum atomic E-state index is 12.2. The molecule has 4 N–H and O–H groups in total. The third-order valence-corrected chi connectivity index (χ3v) is 5.95. The van der Waals surface area contributed by atoms with Crippen LogP contribution in [0, 0.1) is 12.6 Å². The van der Waals surface area contributed by atoms with E-state index in [0.29, 0.717) is 0 Å². The summed E-state index contributed by atoms with van der Waals surface area (Å²) in [6.45, 7) is 0. The van der Waals surface area contributed by atoms with Crippen molar-refractivity contribution in [2.45, 2.75) is 12.8 Å². The van der Waals surface area contributed by atoms with Gasteiger partial charge in [-0.1, -0.05) is 36.4 Å². The van der Waals surface area contributed by atoms with Gasteiger partial charge in [-0.05, 0) is 81.3 Å². The predicted octanol–water partition coefficient (Wildman–Crippen LogP) is 2.64. The fourth-order valence-electron chi connectivity index (χ4n) is 2.47. The van der Waals surface area contributed by atoms with Crippen LogP contribution in [0.4, 0.5) is 0 Å². The van der Waals surface area contributed by atoms with Gasteiger partial charge in [0.05, 0.1) is 0 Å². The second-order valence-corrected chi connectivity index (χ2v) is 7.67. The molecule has 0 spiro atoms. The molecule has 0 aliphatic heterocycles. The highest BCUT2D eigenvalue weighted by Gasteiger charge is 2.43. The van der Waals surface area contributed by atoms with E-state index in [2.05, 4.69) is 45.2 Å². The minimum atomic E-state index is -1.44. The molecule has 0 aliphatic rings. The molecule has 0 aliphatic carbocycles. The highest BCUT2D eigenvalue weighted by Crippen LogP contribution is 2.31. The highest BCUT2D eigenvalue weighted by molar-refractivity contribution is 14.1. The zero-order valence-corrected chi connectivity index (χ0v) is 16.6. The Morgan fingerprint density at radius 1 is 0.783 bits per heavy atom. The molecule has 2 rings (SSSR count). The first-order valence-electron chi connectivity index (χ1n) is 6.93. The van der Waals surface area contributed by atoms with Gasteiger partial charge in [-0.15, -0.1) is 0 Å². The maximum absolute atomic E-state index is 12.2. The smallest absolute Gasteiger partial charge is 0.233 e. The highest BCUT2D eigenvalue weighted by atomic mass is 127. The Bertz CT molecular complexity index is 683. The third kappa shape index (κ3) is 4.03. The summed E-state index contributed by atoms with van der Waals surface area (Å²) in [5.41, 5.74) is 11.6. The van der Waals surface area contributed by atoms with E-state index in [1.54, 1.807) is 0 Å². The molecule has 120 valence electrons. The minimum absolute atomic E-state index is 0.196. The van der Waals surface area contributed by atoms with E-state index < -0.39 is 17.2 Å². The van der Waals surface area contributed by atoms with Gasteiger partial charge in [0.1, 0.15) is 5.41 Å². The molecule has 6 heteroatoms. The number of hydrogen-bond donors (Lipinski definition) is 2. The molecule has 2 aromatic rings. The van der Waals surface area contributed by atoms with Gasteiger partial charge < -0.3 is 11.5 Å². The molecular weight excluding hydrogens is 518 g/mol. The lowest BCUT2D eigenvalue weighted by Gasteiger charge is -2.28. The summed E-state index contributed by atoms with van der Waals surface area (Å²) in [5, 5.41) is 0. The van der Waals surface area contributed by atoms with Gasteiger partial charge in [-0.25, -0.2) is 0 Å². The molecule has 0 bridgehead atoms. The van der Waals surface area contributed by atoms with Crippen molar-refractivity contribution in [2.24, 2.45) is 16.9 Å². The lowest BCUT2D eigenvalue weighted by molar-refractivity contribution is -0.139.